The molecule has 29 heavy (non-hydrogen) atoms. The number of fused-ring (bicyclic) bond motifs is 1. The van der Waals surface area contributed by atoms with E-state index in [4.69, 9.17) is 9.47 Å². The molecule has 1 aromatic heterocycles. The molecule has 1 fully saturated rings. The molecule has 0 radical (unpaired) electrons. The third kappa shape index (κ3) is 4.39. The quantitative estimate of drug-likeness (QED) is 0.771. The molecule has 0 unspecified atom stereocenters. The van der Waals surface area contributed by atoms with Crippen LogP contribution in [-0.2, 0) is 6.54 Å². The number of carbonyl (C=O) groups excluding carboxylic acids is 1. The van der Waals surface area contributed by atoms with Crippen molar-refractivity contribution in [2.45, 2.75) is 51.6 Å². The molecule has 0 spiro atoms. The Morgan fingerprint density at radius 1 is 1.21 bits per heavy atom. The number of amides is 2. The zero-order chi connectivity index (χ0) is 20.2. The second-order valence-electron chi connectivity index (χ2n) is 7.70. The van der Waals surface area contributed by atoms with E-state index in [-0.39, 0.29) is 18.4 Å². The first-order valence-corrected chi connectivity index (χ1v) is 10.3. The molecule has 1 aromatic carbocycles. The number of ether oxygens (including phenoxy) is 2. The number of hydrogen-bond donors (Lipinski definition) is 2. The Hall–Kier alpha value is -2.96. The van der Waals surface area contributed by atoms with Gasteiger partial charge in [-0.25, -0.2) is 4.79 Å². The van der Waals surface area contributed by atoms with Crippen LogP contribution in [0.1, 0.15) is 50.6 Å². The Morgan fingerprint density at radius 2 is 2.00 bits per heavy atom. The Bertz CT molecular complexity index is 934. The number of aromatic nitrogens is 1. The van der Waals surface area contributed by atoms with Gasteiger partial charge in [0.15, 0.2) is 11.5 Å². The summed E-state index contributed by atoms with van der Waals surface area (Å²) >= 11 is 0. The van der Waals surface area contributed by atoms with E-state index in [2.05, 4.69) is 10.6 Å². The fourth-order valence-corrected chi connectivity index (χ4v) is 4.11. The summed E-state index contributed by atoms with van der Waals surface area (Å²) in [5.41, 5.74) is 1.06. The molecule has 4 rings (SSSR count). The SMILES string of the molecule is CC[C@H](NC(=O)Nc1cccn(CC2CCCC2)c1=O)c1ccc2c(c1)OCO2. The van der Waals surface area contributed by atoms with E-state index in [1.165, 1.54) is 12.8 Å². The van der Waals surface area contributed by atoms with Crippen LogP contribution in [0.3, 0.4) is 0 Å². The minimum Gasteiger partial charge on any atom is -0.454 e. The first-order chi connectivity index (χ1) is 14.1. The molecule has 2 aromatic rings. The van der Waals surface area contributed by atoms with Crippen molar-refractivity contribution in [2.75, 3.05) is 12.1 Å². The van der Waals surface area contributed by atoms with Crippen LogP contribution in [0.5, 0.6) is 11.5 Å². The number of pyridine rings is 1. The van der Waals surface area contributed by atoms with Crippen LogP contribution in [0.4, 0.5) is 10.5 Å². The number of nitrogens with zero attached hydrogens (tertiary/aromatic N) is 1. The van der Waals surface area contributed by atoms with Gasteiger partial charge in [-0.3, -0.25) is 4.79 Å². The fourth-order valence-electron chi connectivity index (χ4n) is 4.11. The topological polar surface area (TPSA) is 81.6 Å². The lowest BCUT2D eigenvalue weighted by atomic mass is 10.0. The minimum atomic E-state index is -0.398. The molecule has 2 amide bonds. The van der Waals surface area contributed by atoms with Gasteiger partial charge in [-0.2, -0.15) is 0 Å². The number of urea groups is 1. The van der Waals surface area contributed by atoms with Gasteiger partial charge >= 0.3 is 6.03 Å². The zero-order valence-electron chi connectivity index (χ0n) is 16.6. The maximum absolute atomic E-state index is 12.7. The standard InChI is InChI=1S/C22H27N3O4/c1-2-17(16-9-10-19-20(12-16)29-14-28-19)23-22(27)24-18-8-5-11-25(21(18)26)13-15-6-3-4-7-15/h5,8-12,15,17H,2-4,6-7,13-14H2,1H3,(H2,23,24,27)/t17-/m0/s1. The molecule has 1 saturated carbocycles. The fraction of sp³-hybridized carbons (Fsp3) is 0.455. The maximum Gasteiger partial charge on any atom is 0.319 e. The van der Waals surface area contributed by atoms with Gasteiger partial charge in [0.1, 0.15) is 5.69 Å². The highest BCUT2D eigenvalue weighted by molar-refractivity contribution is 5.89. The van der Waals surface area contributed by atoms with E-state index < -0.39 is 6.03 Å². The van der Waals surface area contributed by atoms with E-state index in [1.54, 1.807) is 22.9 Å². The molecule has 2 heterocycles. The lowest BCUT2D eigenvalue weighted by Crippen LogP contribution is -2.35. The summed E-state index contributed by atoms with van der Waals surface area (Å²) < 4.78 is 12.5. The van der Waals surface area contributed by atoms with Crippen LogP contribution in [0.25, 0.3) is 0 Å². The molecule has 2 N–H and O–H groups in total. The van der Waals surface area contributed by atoms with Crippen molar-refractivity contribution in [3.8, 4) is 11.5 Å². The summed E-state index contributed by atoms with van der Waals surface area (Å²) in [5.74, 6) is 1.94. The third-order valence-electron chi connectivity index (χ3n) is 5.71. The first-order valence-electron chi connectivity index (χ1n) is 10.3. The van der Waals surface area contributed by atoms with Crippen LogP contribution in [0.2, 0.25) is 0 Å². The largest absolute Gasteiger partial charge is 0.454 e. The van der Waals surface area contributed by atoms with Crippen LogP contribution in [0, 0.1) is 5.92 Å². The molecule has 1 atom stereocenters. The number of nitrogens with one attached hydrogen (secondary N) is 2. The average molecular weight is 397 g/mol. The van der Waals surface area contributed by atoms with Gasteiger partial charge in [0.2, 0.25) is 6.79 Å². The molecule has 0 saturated heterocycles. The van der Waals surface area contributed by atoms with Gasteiger partial charge < -0.3 is 24.7 Å². The van der Waals surface area contributed by atoms with Crippen molar-refractivity contribution in [3.63, 3.8) is 0 Å². The monoisotopic (exact) mass is 397 g/mol. The summed E-state index contributed by atoms with van der Waals surface area (Å²) in [6.45, 7) is 2.92. The van der Waals surface area contributed by atoms with Crippen molar-refractivity contribution >= 4 is 11.7 Å². The Morgan fingerprint density at radius 3 is 2.79 bits per heavy atom. The Labute approximate surface area is 170 Å². The number of anilines is 1. The highest BCUT2D eigenvalue weighted by atomic mass is 16.7. The van der Waals surface area contributed by atoms with Gasteiger partial charge in [0, 0.05) is 12.7 Å². The number of benzene rings is 1. The molecule has 154 valence electrons. The molecule has 2 aliphatic rings. The molecule has 7 heteroatoms. The minimum absolute atomic E-state index is 0.161. The number of hydrogen-bond acceptors (Lipinski definition) is 4. The van der Waals surface area contributed by atoms with Gasteiger partial charge in [-0.05, 0) is 55.0 Å². The van der Waals surface area contributed by atoms with E-state index in [0.717, 1.165) is 18.4 Å². The zero-order valence-corrected chi connectivity index (χ0v) is 16.6. The van der Waals surface area contributed by atoms with Crippen molar-refractivity contribution < 1.29 is 14.3 Å². The second kappa shape index (κ2) is 8.59. The van der Waals surface area contributed by atoms with E-state index >= 15 is 0 Å². The summed E-state index contributed by atoms with van der Waals surface area (Å²) in [5, 5.41) is 5.67. The molecule has 1 aliphatic carbocycles. The van der Waals surface area contributed by atoms with Crippen molar-refractivity contribution in [2.24, 2.45) is 5.92 Å². The van der Waals surface area contributed by atoms with Crippen LogP contribution >= 0.6 is 0 Å². The predicted octanol–water partition coefficient (Wildman–Crippen LogP) is 4.04. The third-order valence-corrected chi connectivity index (χ3v) is 5.71. The normalized spacial score (nSPS) is 16.6. The molecular weight excluding hydrogens is 370 g/mol. The van der Waals surface area contributed by atoms with Crippen molar-refractivity contribution in [3.05, 3.63) is 52.4 Å². The maximum atomic E-state index is 12.7. The van der Waals surface area contributed by atoms with Gasteiger partial charge in [0.05, 0.1) is 6.04 Å². The molecule has 0 bridgehead atoms. The summed E-state index contributed by atoms with van der Waals surface area (Å²) in [6, 6.07) is 8.50. The Kier molecular flexibility index (Phi) is 5.74. The summed E-state index contributed by atoms with van der Waals surface area (Å²) in [4.78, 5) is 25.3. The van der Waals surface area contributed by atoms with Crippen molar-refractivity contribution in [1.29, 1.82) is 0 Å². The number of carbonyl (C=O) groups is 1. The molecular formula is C22H27N3O4. The molecule has 7 nitrogen and oxygen atoms in total. The highest BCUT2D eigenvalue weighted by Gasteiger charge is 2.20. The lowest BCUT2D eigenvalue weighted by molar-refractivity contribution is 0.174. The van der Waals surface area contributed by atoms with Crippen LogP contribution in [0.15, 0.2) is 41.3 Å². The predicted molar refractivity (Wildman–Crippen MR) is 110 cm³/mol. The lowest BCUT2D eigenvalue weighted by Gasteiger charge is -2.19. The highest BCUT2D eigenvalue weighted by Crippen LogP contribution is 2.34. The van der Waals surface area contributed by atoms with E-state index in [0.29, 0.717) is 36.1 Å². The van der Waals surface area contributed by atoms with E-state index in [1.807, 2.05) is 25.1 Å². The Balaban J connectivity index is 1.42. The summed E-state index contributed by atoms with van der Waals surface area (Å²) in [6.07, 6.45) is 7.30. The first kappa shape index (κ1) is 19.4. The van der Waals surface area contributed by atoms with Gasteiger partial charge in [-0.1, -0.05) is 25.8 Å². The molecule has 1 aliphatic heterocycles. The summed E-state index contributed by atoms with van der Waals surface area (Å²) in [7, 11) is 0. The van der Waals surface area contributed by atoms with Gasteiger partial charge in [0.25, 0.3) is 5.56 Å². The van der Waals surface area contributed by atoms with Crippen LogP contribution < -0.4 is 25.7 Å². The van der Waals surface area contributed by atoms with Crippen molar-refractivity contribution in [1.82, 2.24) is 9.88 Å². The van der Waals surface area contributed by atoms with E-state index in [9.17, 15) is 9.59 Å². The number of rotatable bonds is 6. The van der Waals surface area contributed by atoms with Gasteiger partial charge in [-0.15, -0.1) is 0 Å². The van der Waals surface area contributed by atoms with Crippen LogP contribution in [-0.4, -0.2) is 17.4 Å². The second-order valence-corrected chi connectivity index (χ2v) is 7.70. The average Bonchev–Trinajstić information content (AvgIpc) is 3.40. The smallest absolute Gasteiger partial charge is 0.319 e.